The van der Waals surface area contributed by atoms with Gasteiger partial charge in [0.2, 0.25) is 11.8 Å². The Hall–Kier alpha value is -1.17. The Kier molecular flexibility index (Phi) is 5.78. The third kappa shape index (κ3) is 4.76. The molecule has 0 fully saturated rings. The lowest BCUT2D eigenvalue weighted by Crippen LogP contribution is -2.41. The van der Waals surface area contributed by atoms with Crippen LogP contribution in [0.15, 0.2) is 0 Å². The number of nitrogens with one attached hydrogen (secondary N) is 2. The number of carbonyl (C=O) groups excluding carboxylic acids is 2. The Balaban J connectivity index is 3.85. The van der Waals surface area contributed by atoms with Crippen molar-refractivity contribution in [3.8, 4) is 0 Å². The quantitative estimate of drug-likeness (QED) is 0.524. The molecule has 5 nitrogen and oxygen atoms in total. The molecule has 6 heteroatoms. The van der Waals surface area contributed by atoms with E-state index in [1.165, 1.54) is 0 Å². The van der Waals surface area contributed by atoms with E-state index in [2.05, 4.69) is 22.9 Å². The van der Waals surface area contributed by atoms with Gasteiger partial charge in [0.15, 0.2) is 0 Å². The van der Waals surface area contributed by atoms with Crippen LogP contribution < -0.4 is 16.4 Å². The third-order valence-electron chi connectivity index (χ3n) is 1.62. The summed E-state index contributed by atoms with van der Waals surface area (Å²) in [5.74, 6) is -1.10. The van der Waals surface area contributed by atoms with Gasteiger partial charge in [0, 0.05) is 6.54 Å². The first kappa shape index (κ1) is 12.8. The van der Waals surface area contributed by atoms with Crippen LogP contribution in [-0.4, -0.2) is 29.9 Å². The fourth-order valence-corrected chi connectivity index (χ4v) is 0.816. The summed E-state index contributed by atoms with van der Waals surface area (Å²) in [6.45, 7) is 3.89. The van der Waals surface area contributed by atoms with Crippen molar-refractivity contribution in [3.63, 3.8) is 0 Å². The fraction of sp³-hybridized carbons (Fsp3) is 0.625. The second kappa shape index (κ2) is 6.31. The molecule has 0 aromatic carbocycles. The Labute approximate surface area is 88.4 Å². The molecule has 0 rings (SSSR count). The first-order valence-electron chi connectivity index (χ1n) is 4.32. The summed E-state index contributed by atoms with van der Waals surface area (Å²) in [4.78, 5) is 22.3. The van der Waals surface area contributed by atoms with Gasteiger partial charge in [-0.25, -0.2) is 0 Å². The second-order valence-corrected chi connectivity index (χ2v) is 3.27. The van der Waals surface area contributed by atoms with Crippen LogP contribution in [0.4, 0.5) is 0 Å². The molecular weight excluding hydrogens is 202 g/mol. The van der Waals surface area contributed by atoms with E-state index < -0.39 is 5.92 Å². The van der Waals surface area contributed by atoms with Crippen molar-refractivity contribution >= 4 is 29.0 Å². The van der Waals surface area contributed by atoms with Gasteiger partial charge in [0.05, 0.1) is 17.5 Å². The van der Waals surface area contributed by atoms with Gasteiger partial charge in [-0.3, -0.25) is 9.59 Å². The van der Waals surface area contributed by atoms with Crippen molar-refractivity contribution in [3.05, 3.63) is 0 Å². The lowest BCUT2D eigenvalue weighted by atomic mass is 10.1. The lowest BCUT2D eigenvalue weighted by molar-refractivity contribution is -0.126. The zero-order valence-electron chi connectivity index (χ0n) is 8.29. The molecule has 80 valence electrons. The molecule has 2 amide bonds. The summed E-state index contributed by atoms with van der Waals surface area (Å²) in [6.07, 6.45) is 0. The van der Waals surface area contributed by atoms with E-state index in [1.54, 1.807) is 13.8 Å². The Morgan fingerprint density at radius 3 is 2.43 bits per heavy atom. The first-order valence-corrected chi connectivity index (χ1v) is 4.73. The molecule has 0 heterocycles. The molecule has 0 aromatic rings. The van der Waals surface area contributed by atoms with Crippen LogP contribution in [0.2, 0.25) is 0 Å². The molecule has 14 heavy (non-hydrogen) atoms. The van der Waals surface area contributed by atoms with Gasteiger partial charge in [-0.2, -0.15) is 0 Å². The number of hydrogen-bond donors (Lipinski definition) is 3. The monoisotopic (exact) mass is 217 g/mol. The molecule has 0 radical (unpaired) electrons. The maximum Gasteiger partial charge on any atom is 0.239 e. The Morgan fingerprint density at radius 1 is 1.43 bits per heavy atom. The van der Waals surface area contributed by atoms with E-state index in [4.69, 9.17) is 5.73 Å². The number of rotatable bonds is 5. The normalized spacial score (nSPS) is 11.6. The molecule has 1 atom stereocenters. The van der Waals surface area contributed by atoms with Gasteiger partial charge in [-0.05, 0) is 13.8 Å². The highest BCUT2D eigenvalue weighted by Crippen LogP contribution is 1.93. The van der Waals surface area contributed by atoms with E-state index in [0.717, 1.165) is 0 Å². The maximum atomic E-state index is 11.2. The number of carbonyl (C=O) groups is 2. The topological polar surface area (TPSA) is 84.2 Å². The van der Waals surface area contributed by atoms with Crippen molar-refractivity contribution in [2.75, 3.05) is 13.1 Å². The van der Waals surface area contributed by atoms with Crippen LogP contribution in [0.5, 0.6) is 0 Å². The van der Waals surface area contributed by atoms with Crippen molar-refractivity contribution in [2.45, 2.75) is 13.8 Å². The van der Waals surface area contributed by atoms with Crippen molar-refractivity contribution in [1.82, 2.24) is 10.6 Å². The zero-order chi connectivity index (χ0) is 11.1. The zero-order valence-corrected chi connectivity index (χ0v) is 9.11. The highest BCUT2D eigenvalue weighted by atomic mass is 32.1. The molecule has 0 spiro atoms. The Morgan fingerprint density at radius 2 is 2.00 bits per heavy atom. The van der Waals surface area contributed by atoms with E-state index in [-0.39, 0.29) is 23.3 Å². The predicted octanol–water partition coefficient (Wildman–Crippen LogP) is -0.839. The van der Waals surface area contributed by atoms with Gasteiger partial charge >= 0.3 is 0 Å². The van der Waals surface area contributed by atoms with Gasteiger partial charge in [-0.1, -0.05) is 12.2 Å². The van der Waals surface area contributed by atoms with Crippen LogP contribution in [0, 0.1) is 5.92 Å². The molecule has 0 aliphatic rings. The minimum Gasteiger partial charge on any atom is -0.393 e. The van der Waals surface area contributed by atoms with Crippen molar-refractivity contribution in [1.29, 1.82) is 0 Å². The minimum absolute atomic E-state index is 0.0420. The van der Waals surface area contributed by atoms with Gasteiger partial charge in [-0.15, -0.1) is 0 Å². The summed E-state index contributed by atoms with van der Waals surface area (Å²) in [5, 5.41) is 4.98. The molecular formula is C8H15N3O2S. The van der Waals surface area contributed by atoms with Crippen LogP contribution in [0.1, 0.15) is 13.8 Å². The van der Waals surface area contributed by atoms with E-state index in [0.29, 0.717) is 6.54 Å². The molecule has 0 saturated heterocycles. The minimum atomic E-state index is -0.542. The molecule has 1 unspecified atom stereocenters. The van der Waals surface area contributed by atoms with Crippen LogP contribution >= 0.6 is 12.2 Å². The smallest absolute Gasteiger partial charge is 0.239 e. The SMILES string of the molecule is CCNC(=O)CNC(=O)C(C)C(N)=S. The number of nitrogens with two attached hydrogens (primary N) is 1. The molecule has 4 N–H and O–H groups in total. The van der Waals surface area contributed by atoms with Gasteiger partial charge in [0.25, 0.3) is 0 Å². The highest BCUT2D eigenvalue weighted by molar-refractivity contribution is 7.80. The molecule has 0 aliphatic carbocycles. The van der Waals surface area contributed by atoms with Crippen molar-refractivity contribution < 1.29 is 9.59 Å². The highest BCUT2D eigenvalue weighted by Gasteiger charge is 2.15. The average molecular weight is 217 g/mol. The summed E-state index contributed by atoms with van der Waals surface area (Å²) in [7, 11) is 0. The second-order valence-electron chi connectivity index (χ2n) is 2.80. The predicted molar refractivity (Wildman–Crippen MR) is 57.6 cm³/mol. The first-order chi connectivity index (χ1) is 6.49. The maximum absolute atomic E-state index is 11.2. The van der Waals surface area contributed by atoms with E-state index >= 15 is 0 Å². The largest absolute Gasteiger partial charge is 0.393 e. The van der Waals surface area contributed by atoms with E-state index in [1.807, 2.05) is 0 Å². The number of amides is 2. The summed E-state index contributed by atoms with van der Waals surface area (Å²) < 4.78 is 0. The standard InChI is InChI=1S/C8H15N3O2S/c1-3-10-6(12)4-11-8(13)5(2)7(9)14/h5H,3-4H2,1-2H3,(H2,9,14)(H,10,12)(H,11,13). The lowest BCUT2D eigenvalue weighted by Gasteiger charge is -2.09. The number of thiocarbonyl (C=S) groups is 1. The average Bonchev–Trinajstić information content (AvgIpc) is 2.13. The van der Waals surface area contributed by atoms with Crippen LogP contribution in [0.25, 0.3) is 0 Å². The molecule has 0 aromatic heterocycles. The third-order valence-corrected chi connectivity index (χ3v) is 1.97. The van der Waals surface area contributed by atoms with Gasteiger partial charge in [0.1, 0.15) is 0 Å². The van der Waals surface area contributed by atoms with Crippen molar-refractivity contribution in [2.24, 2.45) is 11.7 Å². The fourth-order valence-electron chi connectivity index (χ4n) is 0.709. The number of likely N-dealkylation sites (N-methyl/N-ethyl adjacent to an activating group) is 1. The summed E-state index contributed by atoms with van der Waals surface area (Å²) in [5.41, 5.74) is 5.27. The van der Waals surface area contributed by atoms with Crippen LogP contribution in [0.3, 0.4) is 0 Å². The molecule has 0 aliphatic heterocycles. The van der Waals surface area contributed by atoms with E-state index in [9.17, 15) is 9.59 Å². The molecule has 0 bridgehead atoms. The molecule has 0 saturated carbocycles. The number of hydrogen-bond acceptors (Lipinski definition) is 3. The summed E-state index contributed by atoms with van der Waals surface area (Å²) >= 11 is 4.64. The van der Waals surface area contributed by atoms with Gasteiger partial charge < -0.3 is 16.4 Å². The summed E-state index contributed by atoms with van der Waals surface area (Å²) in [6, 6.07) is 0. The Bertz CT molecular complexity index is 243. The van der Waals surface area contributed by atoms with Crippen LogP contribution in [-0.2, 0) is 9.59 Å².